The summed E-state index contributed by atoms with van der Waals surface area (Å²) >= 11 is 1.29. The molecule has 8 nitrogen and oxygen atoms in total. The van der Waals surface area contributed by atoms with Gasteiger partial charge in [-0.2, -0.15) is 8.42 Å². The van der Waals surface area contributed by atoms with Crippen molar-refractivity contribution in [1.82, 2.24) is 4.90 Å². The van der Waals surface area contributed by atoms with Gasteiger partial charge in [0.25, 0.3) is 5.91 Å². The van der Waals surface area contributed by atoms with Crippen molar-refractivity contribution in [3.8, 4) is 0 Å². The standard InChI is InChI=1S/C21H20N2O6S2/c1-31(26,27)29-15-12-30-20-16(22)19(24)23(20)17(15)21(25)28-18(13-8-4-2-5-9-13)14-10-6-3-7-11-14/h2-11,16,18,20H,12,22H2,1H3/p+1/t16-,20-/m1/s1. The van der Waals surface area contributed by atoms with Gasteiger partial charge in [-0.15, -0.1) is 11.8 Å². The number of quaternary nitrogens is 1. The van der Waals surface area contributed by atoms with Crippen LogP contribution in [0.3, 0.4) is 0 Å². The van der Waals surface area contributed by atoms with Crippen molar-refractivity contribution in [3.63, 3.8) is 0 Å². The molecular weight excluding hydrogens is 440 g/mol. The van der Waals surface area contributed by atoms with Gasteiger partial charge in [-0.3, -0.25) is 9.69 Å². The minimum absolute atomic E-state index is 0.110. The normalized spacial score (nSPS) is 20.9. The lowest BCUT2D eigenvalue weighted by atomic mass is 10.0. The molecule has 2 atom stereocenters. The van der Waals surface area contributed by atoms with E-state index in [-0.39, 0.29) is 28.5 Å². The summed E-state index contributed by atoms with van der Waals surface area (Å²) < 4.78 is 34.4. The lowest BCUT2D eigenvalue weighted by Crippen LogP contribution is -2.83. The quantitative estimate of drug-likeness (QED) is 0.388. The fraction of sp³-hybridized carbons (Fsp3) is 0.238. The maximum Gasteiger partial charge on any atom is 0.359 e. The van der Waals surface area contributed by atoms with Crippen LogP contribution >= 0.6 is 11.8 Å². The number of fused-ring (bicyclic) bond motifs is 1. The fourth-order valence-corrected chi connectivity index (χ4v) is 5.32. The Hall–Kier alpha value is -2.82. The second-order valence-corrected chi connectivity index (χ2v) is 9.86. The molecule has 0 aromatic heterocycles. The van der Waals surface area contributed by atoms with E-state index in [2.05, 4.69) is 5.73 Å². The Kier molecular flexibility index (Phi) is 5.78. The minimum atomic E-state index is -3.90. The SMILES string of the molecule is CS(=O)(=O)OC1=C(C(=O)OC(c2ccccc2)c2ccccc2)N2C(=O)[C@@H]([NH3+])[C@H]2SC1. The van der Waals surface area contributed by atoms with Crippen LogP contribution in [0.4, 0.5) is 0 Å². The highest BCUT2D eigenvalue weighted by Crippen LogP contribution is 2.40. The Balaban J connectivity index is 1.72. The fourth-order valence-electron chi connectivity index (χ4n) is 3.52. The van der Waals surface area contributed by atoms with E-state index in [1.165, 1.54) is 16.7 Å². The van der Waals surface area contributed by atoms with Gasteiger partial charge in [0.05, 0.1) is 12.0 Å². The van der Waals surface area contributed by atoms with Gasteiger partial charge in [0.1, 0.15) is 5.37 Å². The molecule has 0 bridgehead atoms. The lowest BCUT2D eigenvalue weighted by Gasteiger charge is -2.45. The molecule has 2 aliphatic heterocycles. The highest BCUT2D eigenvalue weighted by molar-refractivity contribution is 8.00. The predicted molar refractivity (Wildman–Crippen MR) is 114 cm³/mol. The first-order valence-electron chi connectivity index (χ1n) is 9.47. The number of ether oxygens (including phenoxy) is 1. The number of thioether (sulfide) groups is 1. The monoisotopic (exact) mass is 461 g/mol. The van der Waals surface area contributed by atoms with Gasteiger partial charge in [-0.1, -0.05) is 60.7 Å². The Morgan fingerprint density at radius 2 is 1.65 bits per heavy atom. The molecule has 3 N–H and O–H groups in total. The van der Waals surface area contributed by atoms with E-state index in [0.29, 0.717) is 0 Å². The number of hydrogen-bond donors (Lipinski definition) is 1. The Bertz CT molecular complexity index is 1100. The van der Waals surface area contributed by atoms with Crippen LogP contribution in [0.5, 0.6) is 0 Å². The van der Waals surface area contributed by atoms with Crippen LogP contribution in [-0.4, -0.2) is 48.6 Å². The summed E-state index contributed by atoms with van der Waals surface area (Å²) in [5, 5.41) is -0.367. The van der Waals surface area contributed by atoms with Gasteiger partial charge in [-0.25, -0.2) is 4.79 Å². The van der Waals surface area contributed by atoms with Crippen molar-refractivity contribution in [2.45, 2.75) is 17.5 Å². The molecule has 0 spiro atoms. The van der Waals surface area contributed by atoms with E-state index in [0.717, 1.165) is 17.4 Å². The van der Waals surface area contributed by atoms with Gasteiger partial charge in [0.15, 0.2) is 23.6 Å². The molecule has 2 heterocycles. The number of benzene rings is 2. The molecule has 0 unspecified atom stereocenters. The second-order valence-electron chi connectivity index (χ2n) is 7.18. The first-order valence-corrected chi connectivity index (χ1v) is 12.3. The molecule has 1 fully saturated rings. The molecule has 2 aromatic rings. The minimum Gasteiger partial charge on any atom is -0.448 e. The van der Waals surface area contributed by atoms with Crippen LogP contribution in [0.2, 0.25) is 0 Å². The van der Waals surface area contributed by atoms with Gasteiger partial charge in [0.2, 0.25) is 0 Å². The van der Waals surface area contributed by atoms with Crippen molar-refractivity contribution in [2.75, 3.05) is 12.0 Å². The molecule has 2 aliphatic rings. The van der Waals surface area contributed by atoms with Crippen LogP contribution in [0.1, 0.15) is 17.2 Å². The molecule has 162 valence electrons. The number of rotatable bonds is 6. The summed E-state index contributed by atoms with van der Waals surface area (Å²) in [5.74, 6) is -1.22. The molecule has 2 aromatic carbocycles. The smallest absolute Gasteiger partial charge is 0.359 e. The van der Waals surface area contributed by atoms with Gasteiger partial charge in [-0.05, 0) is 11.1 Å². The summed E-state index contributed by atoms with van der Waals surface area (Å²) in [6.45, 7) is 0. The van der Waals surface area contributed by atoms with Gasteiger partial charge < -0.3 is 14.7 Å². The van der Waals surface area contributed by atoms with Gasteiger partial charge >= 0.3 is 16.1 Å². The maximum absolute atomic E-state index is 13.3. The molecule has 31 heavy (non-hydrogen) atoms. The number of amides is 1. The van der Waals surface area contributed by atoms with E-state index in [4.69, 9.17) is 8.92 Å². The van der Waals surface area contributed by atoms with E-state index in [9.17, 15) is 18.0 Å². The maximum atomic E-state index is 13.3. The topological polar surface area (TPSA) is 118 Å². The summed E-state index contributed by atoms with van der Waals surface area (Å²) in [6.07, 6.45) is 0.139. The molecule has 0 radical (unpaired) electrons. The number of hydrogen-bond acceptors (Lipinski definition) is 7. The molecule has 4 rings (SSSR count). The molecule has 10 heteroatoms. The van der Waals surface area contributed by atoms with Crippen LogP contribution < -0.4 is 5.73 Å². The second kappa shape index (κ2) is 8.37. The average Bonchev–Trinajstić information content (AvgIpc) is 2.76. The van der Waals surface area contributed by atoms with E-state index in [1.807, 2.05) is 60.7 Å². The number of esters is 1. The van der Waals surface area contributed by atoms with E-state index >= 15 is 0 Å². The first kappa shape index (κ1) is 21.4. The largest absolute Gasteiger partial charge is 0.448 e. The Morgan fingerprint density at radius 3 is 2.16 bits per heavy atom. The van der Waals surface area contributed by atoms with Crippen molar-refractivity contribution < 1.29 is 32.7 Å². The van der Waals surface area contributed by atoms with Crippen LogP contribution in [0.25, 0.3) is 0 Å². The van der Waals surface area contributed by atoms with Gasteiger partial charge in [0, 0.05) is 0 Å². The molecule has 0 saturated carbocycles. The third kappa shape index (κ3) is 4.32. The first-order chi connectivity index (χ1) is 14.8. The zero-order valence-corrected chi connectivity index (χ0v) is 18.3. The molecule has 1 saturated heterocycles. The third-order valence-electron chi connectivity index (χ3n) is 4.92. The summed E-state index contributed by atoms with van der Waals surface area (Å²) in [5.41, 5.74) is 5.10. The van der Waals surface area contributed by atoms with E-state index < -0.39 is 28.2 Å². The van der Waals surface area contributed by atoms with Crippen molar-refractivity contribution in [1.29, 1.82) is 0 Å². The van der Waals surface area contributed by atoms with Crippen molar-refractivity contribution in [3.05, 3.63) is 83.2 Å². The molecule has 0 aliphatic carbocycles. The van der Waals surface area contributed by atoms with Crippen LogP contribution in [-0.2, 0) is 28.6 Å². The summed E-state index contributed by atoms with van der Waals surface area (Å²) in [6, 6.07) is 17.8. The summed E-state index contributed by atoms with van der Waals surface area (Å²) in [7, 11) is -3.90. The number of carbonyl (C=O) groups excluding carboxylic acids is 2. The number of carbonyl (C=O) groups is 2. The molecule has 1 amide bonds. The number of nitrogens with zero attached hydrogens (tertiary/aromatic N) is 1. The van der Waals surface area contributed by atoms with Crippen LogP contribution in [0.15, 0.2) is 72.1 Å². The zero-order valence-electron chi connectivity index (χ0n) is 16.6. The van der Waals surface area contributed by atoms with Crippen LogP contribution in [0, 0.1) is 0 Å². The molecular formula is C21H21N2O6S2+. The highest BCUT2D eigenvalue weighted by atomic mass is 32.2. The zero-order chi connectivity index (χ0) is 22.2. The van der Waals surface area contributed by atoms with Crippen molar-refractivity contribution in [2.24, 2.45) is 0 Å². The predicted octanol–water partition coefficient (Wildman–Crippen LogP) is 1.03. The third-order valence-corrected chi connectivity index (χ3v) is 6.73. The Labute approximate surface area is 184 Å². The highest BCUT2D eigenvalue weighted by Gasteiger charge is 2.56. The number of β-lactam (4-membered cyclic amide) rings is 1. The summed E-state index contributed by atoms with van der Waals surface area (Å²) in [4.78, 5) is 27.0. The Morgan fingerprint density at radius 1 is 1.10 bits per heavy atom. The average molecular weight is 462 g/mol. The van der Waals surface area contributed by atoms with E-state index in [1.54, 1.807) is 0 Å². The lowest BCUT2D eigenvalue weighted by molar-refractivity contribution is -0.423. The van der Waals surface area contributed by atoms with Crippen molar-refractivity contribution >= 4 is 33.8 Å².